The lowest BCUT2D eigenvalue weighted by Crippen LogP contribution is -2.61. The zero-order chi connectivity index (χ0) is 63.0. The van der Waals surface area contributed by atoms with Gasteiger partial charge in [-0.15, -0.1) is 0 Å². The molecule has 0 amide bonds. The average Bonchev–Trinajstić information content (AvgIpc) is 0.936. The fourth-order valence-corrected chi connectivity index (χ4v) is 12.1. The lowest BCUT2D eigenvalue weighted by molar-refractivity contribution is 0.590. The summed E-state index contributed by atoms with van der Waals surface area (Å²) in [7, 11) is 0. The summed E-state index contributed by atoms with van der Waals surface area (Å²) in [6.07, 6.45) is 0. The van der Waals surface area contributed by atoms with Crippen LogP contribution in [0.1, 0.15) is 127 Å². The number of benzene rings is 9. The molecule has 0 N–H and O–H groups in total. The van der Waals surface area contributed by atoms with Crippen molar-refractivity contribution in [3.8, 4) is 16.8 Å². The van der Waals surface area contributed by atoms with Crippen LogP contribution >= 0.6 is 0 Å². The Balaban J connectivity index is 1.20. The number of rotatable bonds is 4. The Morgan fingerprint density at radius 2 is 1.00 bits per heavy atom. The van der Waals surface area contributed by atoms with Gasteiger partial charge in [-0.2, -0.15) is 0 Å². The molecule has 0 aliphatic carbocycles. The first-order valence-electron chi connectivity index (χ1n) is 32.4. The molecular formula is C71H68BN3O. The Kier molecular flexibility index (Phi) is 7.93. The van der Waals surface area contributed by atoms with Crippen molar-refractivity contribution in [1.82, 2.24) is 4.57 Å². The van der Waals surface area contributed by atoms with Crippen molar-refractivity contribution >= 4 is 101 Å². The highest BCUT2D eigenvalue weighted by Crippen LogP contribution is 2.50. The Morgan fingerprint density at radius 3 is 1.67 bits per heavy atom. The van der Waals surface area contributed by atoms with E-state index in [1.165, 1.54) is 17.7 Å². The summed E-state index contributed by atoms with van der Waals surface area (Å²) in [5.41, 5.74) is 9.29. The maximum Gasteiger partial charge on any atom is 0.252 e. The van der Waals surface area contributed by atoms with Gasteiger partial charge in [0, 0.05) is 66.4 Å². The van der Waals surface area contributed by atoms with E-state index in [0.29, 0.717) is 33.7 Å². The van der Waals surface area contributed by atoms with Crippen LogP contribution in [-0.2, 0) is 21.7 Å². The van der Waals surface area contributed by atoms with Crippen molar-refractivity contribution in [3.63, 3.8) is 0 Å². The van der Waals surface area contributed by atoms with E-state index in [2.05, 4.69) is 157 Å². The predicted octanol–water partition coefficient (Wildman–Crippen LogP) is 17.9. The molecule has 0 saturated heterocycles. The van der Waals surface area contributed by atoms with E-state index < -0.39 is 45.1 Å². The number of furan rings is 1. The third kappa shape index (κ3) is 7.47. The van der Waals surface area contributed by atoms with Crippen molar-refractivity contribution in [1.29, 1.82) is 0 Å². The quantitative estimate of drug-likeness (QED) is 0.164. The molecule has 2 aliphatic rings. The van der Waals surface area contributed by atoms with Gasteiger partial charge >= 0.3 is 0 Å². The van der Waals surface area contributed by atoms with E-state index in [4.69, 9.17) is 16.8 Å². The minimum absolute atomic E-state index is 0.000956. The molecule has 2 aliphatic heterocycles. The fraction of sp³-hybridized carbons (Fsp3) is 0.239. The highest BCUT2D eigenvalue weighted by atomic mass is 16.3. The average molecular weight is 1000 g/mol. The molecular weight excluding hydrogens is 922 g/mol. The molecule has 0 radical (unpaired) electrons. The summed E-state index contributed by atoms with van der Waals surface area (Å²) in [6.45, 7) is 5.29. The Hall–Kier alpha value is -7.76. The van der Waals surface area contributed by atoms with Gasteiger partial charge in [0.2, 0.25) is 0 Å². The summed E-state index contributed by atoms with van der Waals surface area (Å²) < 4.78 is 120. The maximum atomic E-state index is 9.29. The second-order valence-corrected chi connectivity index (χ2v) is 24.2. The molecule has 2 aromatic heterocycles. The predicted molar refractivity (Wildman–Crippen MR) is 327 cm³/mol. The zero-order valence-electron chi connectivity index (χ0n) is 56.6. The van der Waals surface area contributed by atoms with Gasteiger partial charge in [0.05, 0.1) is 22.4 Å². The third-order valence-corrected chi connectivity index (χ3v) is 16.0. The maximum absolute atomic E-state index is 9.29. The van der Waals surface area contributed by atoms with E-state index >= 15 is 0 Å². The Bertz CT molecular complexity index is 4570. The van der Waals surface area contributed by atoms with Crippen LogP contribution in [0.15, 0.2) is 180 Å². The van der Waals surface area contributed by atoms with Crippen LogP contribution in [0, 0.1) is 6.85 Å². The standard InChI is InChI=1S/C71H68BN3O/c1-43-36-62-65-63(37-43)75(64-42-49(71(11,12)13)40-54-53-24-19-27-60(66(53)76-67(54)64)74-57-25-16-14-22-51(57)52-23-15-17-26-58(52)74)59-35-31-48(70(8,9)10)41-56(59)72(65)55-34-28-45(44-20-18-21-47(38-44)69(5,6)7)39-61(55)73(62)50-32-29-46(30-33-50)68(2,3)4/h14-42H,1-13H3/i1D3,11D3,12D3,13D3. The minimum atomic E-state index is -3.64. The normalized spacial score (nSPS) is 16.8. The van der Waals surface area contributed by atoms with Gasteiger partial charge in [-0.25, -0.2) is 0 Å². The number of aryl methyl sites for hydroxylation is 1. The largest absolute Gasteiger partial charge is 0.452 e. The topological polar surface area (TPSA) is 24.6 Å². The van der Waals surface area contributed by atoms with Gasteiger partial charge in [-0.3, -0.25) is 0 Å². The van der Waals surface area contributed by atoms with Crippen molar-refractivity contribution in [2.75, 3.05) is 9.80 Å². The van der Waals surface area contributed by atoms with Crippen LogP contribution in [0.4, 0.5) is 34.1 Å². The fourth-order valence-electron chi connectivity index (χ4n) is 12.1. The summed E-state index contributed by atoms with van der Waals surface area (Å²) in [4.78, 5) is 4.01. The molecule has 4 nitrogen and oxygen atoms in total. The second kappa shape index (κ2) is 16.6. The van der Waals surface area contributed by atoms with Gasteiger partial charge in [-0.05, 0) is 151 Å². The van der Waals surface area contributed by atoms with Crippen LogP contribution in [0.2, 0.25) is 0 Å². The number of anilines is 6. The van der Waals surface area contributed by atoms with Crippen LogP contribution in [-0.4, -0.2) is 11.3 Å². The van der Waals surface area contributed by atoms with Crippen LogP contribution in [0.3, 0.4) is 0 Å². The number of hydrogen-bond acceptors (Lipinski definition) is 3. The Morgan fingerprint density at radius 1 is 0.395 bits per heavy atom. The molecule has 4 heterocycles. The smallest absolute Gasteiger partial charge is 0.252 e. The number of hydrogen-bond donors (Lipinski definition) is 0. The molecule has 0 bridgehead atoms. The van der Waals surface area contributed by atoms with Gasteiger partial charge in [-0.1, -0.05) is 192 Å². The molecule has 5 heteroatoms. The van der Waals surface area contributed by atoms with E-state index in [1.807, 2.05) is 71.6 Å². The van der Waals surface area contributed by atoms with Gasteiger partial charge in [0.15, 0.2) is 11.2 Å². The van der Waals surface area contributed by atoms with Gasteiger partial charge in [0.1, 0.15) is 0 Å². The monoisotopic (exact) mass is 1000 g/mol. The molecule has 376 valence electrons. The summed E-state index contributed by atoms with van der Waals surface area (Å²) in [5, 5.41) is 2.71. The third-order valence-electron chi connectivity index (χ3n) is 16.0. The summed E-state index contributed by atoms with van der Waals surface area (Å²) in [5.74, 6) is 0. The van der Waals surface area contributed by atoms with Crippen molar-refractivity contribution in [2.45, 2.75) is 111 Å². The lowest BCUT2D eigenvalue weighted by Gasteiger charge is -2.45. The zero-order valence-corrected chi connectivity index (χ0v) is 44.6. The second-order valence-electron chi connectivity index (χ2n) is 24.2. The van der Waals surface area contributed by atoms with Crippen LogP contribution in [0.5, 0.6) is 0 Å². The SMILES string of the molecule is [2H]C([2H])([2H])c1cc2c3c(c1)N(c1cc(C(C([2H])([2H])[2H])(C([2H])([2H])[2H])C([2H])([2H])[2H])cc4c1oc1c(-n5c6ccccc6c6ccccc65)cccc14)c1ccc(C(C)(C)C)cc1B3c1ccc(-c3cccc(C(C)(C)C)c3)cc1N2c1ccc(C(C)(C)C)cc1. The first-order valence-corrected chi connectivity index (χ1v) is 26.4. The first kappa shape index (κ1) is 36.3. The molecule has 0 saturated carbocycles. The Labute approximate surface area is 466 Å². The molecule has 11 aromatic rings. The van der Waals surface area contributed by atoms with E-state index in [1.54, 1.807) is 12.1 Å². The molecule has 13 rings (SSSR count). The highest BCUT2D eigenvalue weighted by Gasteiger charge is 2.45. The molecule has 0 spiro atoms. The van der Waals surface area contributed by atoms with Crippen molar-refractivity contribution in [2.24, 2.45) is 0 Å². The van der Waals surface area contributed by atoms with E-state index in [9.17, 15) is 4.11 Å². The van der Waals surface area contributed by atoms with Crippen molar-refractivity contribution < 1.29 is 20.9 Å². The molecule has 0 fully saturated rings. The van der Waals surface area contributed by atoms with Gasteiger partial charge < -0.3 is 18.8 Å². The van der Waals surface area contributed by atoms with Crippen LogP contribution < -0.4 is 26.2 Å². The molecule has 9 aromatic carbocycles. The number of nitrogens with zero attached hydrogens (tertiary/aromatic N) is 3. The summed E-state index contributed by atoms with van der Waals surface area (Å²) >= 11 is 0. The number of aromatic nitrogens is 1. The van der Waals surface area contributed by atoms with Crippen molar-refractivity contribution in [3.05, 3.63) is 204 Å². The minimum Gasteiger partial charge on any atom is -0.452 e. The molecule has 0 unspecified atom stereocenters. The van der Waals surface area contributed by atoms with Gasteiger partial charge in [0.25, 0.3) is 6.71 Å². The highest BCUT2D eigenvalue weighted by molar-refractivity contribution is 7.00. The molecule has 76 heavy (non-hydrogen) atoms. The van der Waals surface area contributed by atoms with E-state index in [0.717, 1.165) is 71.8 Å². The number of fused-ring (bicyclic) bond motifs is 10. The summed E-state index contributed by atoms with van der Waals surface area (Å²) in [6, 6.07) is 57.5. The van der Waals surface area contributed by atoms with Crippen LogP contribution in [0.25, 0.3) is 60.6 Å². The molecule has 0 atom stereocenters. The van der Waals surface area contributed by atoms with E-state index in [-0.39, 0.29) is 38.5 Å². The first-order chi connectivity index (χ1) is 41.1. The number of para-hydroxylation sites is 3. The lowest BCUT2D eigenvalue weighted by atomic mass is 9.33.